The van der Waals surface area contributed by atoms with Crippen molar-refractivity contribution in [2.75, 3.05) is 0 Å². The van der Waals surface area contributed by atoms with Gasteiger partial charge in [-0.15, -0.1) is 5.10 Å². The Morgan fingerprint density at radius 1 is 0.892 bits per heavy atom. The van der Waals surface area contributed by atoms with Crippen molar-refractivity contribution in [3.05, 3.63) is 130 Å². The first-order chi connectivity index (χ1) is 18.3. The summed E-state index contributed by atoms with van der Waals surface area (Å²) in [5, 5.41) is 5.35. The van der Waals surface area contributed by atoms with Gasteiger partial charge < -0.3 is 4.74 Å². The molecule has 0 unspecified atom stereocenters. The van der Waals surface area contributed by atoms with Gasteiger partial charge in [0.15, 0.2) is 11.5 Å². The molecule has 180 valence electrons. The van der Waals surface area contributed by atoms with Gasteiger partial charge in [-0.3, -0.25) is 0 Å². The molecule has 0 spiro atoms. The number of fused-ring (bicyclic) bond motifs is 3. The second kappa shape index (κ2) is 9.02. The van der Waals surface area contributed by atoms with Gasteiger partial charge in [0.1, 0.15) is 12.1 Å². The van der Waals surface area contributed by atoms with Crippen molar-refractivity contribution in [2.24, 2.45) is 0 Å². The van der Waals surface area contributed by atoms with Crippen LogP contribution in [-0.4, -0.2) is 19.6 Å². The van der Waals surface area contributed by atoms with Crippen LogP contribution >= 0.6 is 11.6 Å². The molecule has 2 aromatic heterocycles. The van der Waals surface area contributed by atoms with Gasteiger partial charge in [-0.05, 0) is 59.7 Å². The highest BCUT2D eigenvalue weighted by molar-refractivity contribution is 6.33. The molecule has 1 atom stereocenters. The summed E-state index contributed by atoms with van der Waals surface area (Å²) in [5.74, 6) is 2.07. The lowest BCUT2D eigenvalue weighted by atomic mass is 9.77. The zero-order chi connectivity index (χ0) is 24.8. The lowest BCUT2D eigenvalue weighted by Gasteiger charge is -2.34. The molecule has 7 rings (SSSR count). The summed E-state index contributed by atoms with van der Waals surface area (Å²) in [7, 11) is 0. The van der Waals surface area contributed by atoms with E-state index >= 15 is 0 Å². The maximum absolute atomic E-state index is 6.61. The third kappa shape index (κ3) is 3.83. The Morgan fingerprint density at radius 2 is 1.65 bits per heavy atom. The summed E-state index contributed by atoms with van der Waals surface area (Å²) in [6, 6.07) is 28.6. The number of benzene rings is 3. The molecular weight excluding hydrogens is 480 g/mol. The molecular formula is C31H23ClN4O. The smallest absolute Gasteiger partial charge is 0.228 e. The largest absolute Gasteiger partial charge is 0.438 e. The quantitative estimate of drug-likeness (QED) is 0.256. The van der Waals surface area contributed by atoms with Gasteiger partial charge in [-0.2, -0.15) is 0 Å². The van der Waals surface area contributed by atoms with Crippen molar-refractivity contribution < 1.29 is 4.74 Å². The van der Waals surface area contributed by atoms with Crippen molar-refractivity contribution in [3.8, 4) is 17.3 Å². The molecule has 0 bridgehead atoms. The number of rotatable bonds is 3. The fourth-order valence-corrected chi connectivity index (χ4v) is 5.65. The summed E-state index contributed by atoms with van der Waals surface area (Å²) in [6.45, 7) is 0. The molecule has 3 heterocycles. The maximum Gasteiger partial charge on any atom is 0.228 e. The normalized spacial score (nSPS) is 18.0. The molecule has 3 aromatic carbocycles. The SMILES string of the molecule is Clc1ccccc1-c1nc2c3c(ncn2n1)OC1=C(CCC/C1=C\c1ccccc1)[C@H]3c1ccccc1. The molecule has 1 aliphatic heterocycles. The van der Waals surface area contributed by atoms with Gasteiger partial charge in [-0.25, -0.2) is 14.5 Å². The molecule has 0 amide bonds. The highest BCUT2D eigenvalue weighted by Crippen LogP contribution is 2.49. The minimum Gasteiger partial charge on any atom is -0.438 e. The lowest BCUT2D eigenvalue weighted by molar-refractivity contribution is 0.371. The van der Waals surface area contributed by atoms with Gasteiger partial charge in [-0.1, -0.05) is 84.4 Å². The van der Waals surface area contributed by atoms with E-state index in [0.29, 0.717) is 16.7 Å². The van der Waals surface area contributed by atoms with Gasteiger partial charge in [0.05, 0.1) is 10.6 Å². The predicted octanol–water partition coefficient (Wildman–Crippen LogP) is 7.49. The van der Waals surface area contributed by atoms with E-state index in [-0.39, 0.29) is 5.92 Å². The first-order valence-corrected chi connectivity index (χ1v) is 12.9. The van der Waals surface area contributed by atoms with E-state index in [1.165, 1.54) is 22.3 Å². The molecule has 5 nitrogen and oxygen atoms in total. The fraction of sp³-hybridized carbons (Fsp3) is 0.129. The molecule has 0 fully saturated rings. The number of allylic oxidation sites excluding steroid dienone is 2. The van der Waals surface area contributed by atoms with E-state index in [9.17, 15) is 0 Å². The number of hydrogen-bond acceptors (Lipinski definition) is 4. The monoisotopic (exact) mass is 502 g/mol. The summed E-state index contributed by atoms with van der Waals surface area (Å²) in [6.07, 6.45) is 6.90. The number of halogens is 1. The molecule has 2 aliphatic rings. The van der Waals surface area contributed by atoms with Crippen LogP contribution in [0.4, 0.5) is 0 Å². The van der Waals surface area contributed by atoms with Crippen LogP contribution in [0.2, 0.25) is 5.02 Å². The molecule has 5 aromatic rings. The molecule has 0 saturated carbocycles. The van der Waals surface area contributed by atoms with Gasteiger partial charge in [0.25, 0.3) is 0 Å². The van der Waals surface area contributed by atoms with Gasteiger partial charge in [0.2, 0.25) is 5.88 Å². The van der Waals surface area contributed by atoms with Crippen LogP contribution in [0.25, 0.3) is 23.1 Å². The minimum absolute atomic E-state index is 0.0288. The molecule has 0 radical (unpaired) electrons. The van der Waals surface area contributed by atoms with Crippen LogP contribution in [0.3, 0.4) is 0 Å². The number of ether oxygens (including phenoxy) is 1. The Labute approximate surface area is 219 Å². The second-order valence-corrected chi connectivity index (χ2v) is 9.79. The van der Waals surface area contributed by atoms with Crippen LogP contribution < -0.4 is 4.74 Å². The molecule has 1 aliphatic carbocycles. The summed E-state index contributed by atoms with van der Waals surface area (Å²) < 4.78 is 8.35. The number of hydrogen-bond donors (Lipinski definition) is 0. The Bertz CT molecular complexity index is 1690. The standard InChI is InChI=1S/C31H23ClN4O/c32-25-17-8-7-15-23(25)29-34-30-27-26(21-12-5-2-6-13-21)24-16-9-14-22(18-20-10-3-1-4-11-20)28(24)37-31(27)33-19-36(30)35-29/h1-8,10-13,15,17-19,26H,9,14,16H2/b22-18+/t26-/m1/s1. The highest BCUT2D eigenvalue weighted by atomic mass is 35.5. The first-order valence-electron chi connectivity index (χ1n) is 12.5. The van der Waals surface area contributed by atoms with E-state index in [1.54, 1.807) is 10.8 Å². The third-order valence-corrected chi connectivity index (χ3v) is 7.42. The predicted molar refractivity (Wildman–Crippen MR) is 145 cm³/mol. The Balaban J connectivity index is 1.44. The molecule has 0 N–H and O–H groups in total. The van der Waals surface area contributed by atoms with Crippen LogP contribution in [0, 0.1) is 0 Å². The average molecular weight is 503 g/mol. The first kappa shape index (κ1) is 22.0. The van der Waals surface area contributed by atoms with Crippen LogP contribution in [0.1, 0.15) is 41.9 Å². The molecule has 6 heteroatoms. The van der Waals surface area contributed by atoms with Crippen LogP contribution in [-0.2, 0) is 0 Å². The Hall–Kier alpha value is -4.22. The number of aromatic nitrogens is 4. The lowest BCUT2D eigenvalue weighted by Crippen LogP contribution is -2.22. The zero-order valence-electron chi connectivity index (χ0n) is 20.0. The van der Waals surface area contributed by atoms with E-state index in [1.807, 2.05) is 36.4 Å². The average Bonchev–Trinajstić information content (AvgIpc) is 3.38. The fourth-order valence-electron chi connectivity index (χ4n) is 5.43. The van der Waals surface area contributed by atoms with Gasteiger partial charge >= 0.3 is 0 Å². The molecule has 0 saturated heterocycles. The summed E-state index contributed by atoms with van der Waals surface area (Å²) in [5.41, 5.74) is 7.31. The Kier molecular flexibility index (Phi) is 5.37. The van der Waals surface area contributed by atoms with Crippen LogP contribution in [0.5, 0.6) is 5.88 Å². The van der Waals surface area contributed by atoms with E-state index in [2.05, 4.69) is 54.6 Å². The van der Waals surface area contributed by atoms with E-state index in [0.717, 1.165) is 41.8 Å². The molecule has 37 heavy (non-hydrogen) atoms. The maximum atomic E-state index is 6.61. The topological polar surface area (TPSA) is 52.3 Å². The number of nitrogens with zero attached hydrogens (tertiary/aromatic N) is 4. The van der Waals surface area contributed by atoms with E-state index < -0.39 is 0 Å². The van der Waals surface area contributed by atoms with Crippen molar-refractivity contribution in [2.45, 2.75) is 25.2 Å². The van der Waals surface area contributed by atoms with Gasteiger partial charge in [0, 0.05) is 11.5 Å². The van der Waals surface area contributed by atoms with Crippen LogP contribution in [0.15, 0.2) is 108 Å². The summed E-state index contributed by atoms with van der Waals surface area (Å²) in [4.78, 5) is 9.70. The van der Waals surface area contributed by atoms with Crippen molar-refractivity contribution in [1.82, 2.24) is 19.6 Å². The minimum atomic E-state index is -0.0288. The van der Waals surface area contributed by atoms with Crippen molar-refractivity contribution >= 4 is 23.3 Å². The zero-order valence-corrected chi connectivity index (χ0v) is 20.8. The van der Waals surface area contributed by atoms with Crippen molar-refractivity contribution in [3.63, 3.8) is 0 Å². The summed E-state index contributed by atoms with van der Waals surface area (Å²) >= 11 is 6.48. The van der Waals surface area contributed by atoms with E-state index in [4.69, 9.17) is 31.4 Å². The second-order valence-electron chi connectivity index (χ2n) is 9.38. The Morgan fingerprint density at radius 3 is 2.46 bits per heavy atom. The third-order valence-electron chi connectivity index (χ3n) is 7.09. The highest BCUT2D eigenvalue weighted by Gasteiger charge is 2.37. The van der Waals surface area contributed by atoms with Crippen molar-refractivity contribution in [1.29, 1.82) is 0 Å².